The van der Waals surface area contributed by atoms with Crippen LogP contribution in [0.2, 0.25) is 0 Å². The number of thiophene rings is 1. The molecule has 0 aliphatic carbocycles. The van der Waals surface area contributed by atoms with Gasteiger partial charge in [0.15, 0.2) is 0 Å². The van der Waals surface area contributed by atoms with Gasteiger partial charge in [-0.25, -0.2) is 0 Å². The van der Waals surface area contributed by atoms with Gasteiger partial charge in [-0.1, -0.05) is 24.3 Å². The maximum Gasteiger partial charge on any atom is 0.262 e. The molecule has 0 fully saturated rings. The van der Waals surface area contributed by atoms with Crippen LogP contribution in [0.4, 0.5) is 0 Å². The Morgan fingerprint density at radius 3 is 3.00 bits per heavy atom. The predicted molar refractivity (Wildman–Crippen MR) is 89.8 cm³/mol. The monoisotopic (exact) mass is 322 g/mol. The van der Waals surface area contributed by atoms with E-state index in [4.69, 9.17) is 4.74 Å². The maximum atomic E-state index is 12.1. The minimum absolute atomic E-state index is 0.0794. The lowest BCUT2D eigenvalue weighted by Gasteiger charge is -2.16. The average Bonchev–Trinajstić information content (AvgIpc) is 3.11. The third-order valence-corrected chi connectivity index (χ3v) is 4.23. The summed E-state index contributed by atoms with van der Waals surface area (Å²) in [5, 5.41) is 13.9. The van der Waals surface area contributed by atoms with E-state index in [1.807, 2.05) is 53.9 Å². The van der Waals surface area contributed by atoms with E-state index in [-0.39, 0.29) is 11.5 Å². The number of carbonyl (C=O) groups is 1. The number of nitrogens with zero attached hydrogens (tertiary/aromatic N) is 1. The van der Waals surface area contributed by atoms with E-state index < -0.39 is 0 Å². The highest BCUT2D eigenvalue weighted by atomic mass is 32.1. The van der Waals surface area contributed by atoms with Gasteiger partial charge in [-0.2, -0.15) is 5.26 Å². The molecule has 5 heteroatoms. The van der Waals surface area contributed by atoms with E-state index in [0.29, 0.717) is 13.2 Å². The molecule has 1 aromatic carbocycles. The number of nitriles is 1. The van der Waals surface area contributed by atoms with Crippen LogP contribution in [0.5, 0.6) is 5.75 Å². The molecule has 2 aromatic rings. The molecule has 1 aliphatic heterocycles. The number of hydrogen-bond donors (Lipinski definition) is 1. The summed E-state index contributed by atoms with van der Waals surface area (Å²) in [5.74, 6) is 0.436. The summed E-state index contributed by atoms with van der Waals surface area (Å²) in [7, 11) is 0. The molecule has 1 N–H and O–H groups in total. The largest absolute Gasteiger partial charge is 0.488 e. The van der Waals surface area contributed by atoms with Gasteiger partial charge in [-0.05, 0) is 35.2 Å². The van der Waals surface area contributed by atoms with Crippen molar-refractivity contribution in [3.8, 4) is 11.8 Å². The standard InChI is InChI=1S/C18H14N2O2S/c19-10-15(18(21)20-11-16-5-3-7-23-16)9-13-8-14-4-1-2-6-17(14)22-12-13/h1-9H,11-12H2,(H,20,21)/b15-9+. The zero-order valence-electron chi connectivity index (χ0n) is 12.3. The van der Waals surface area contributed by atoms with E-state index in [9.17, 15) is 10.1 Å². The number of para-hydroxylation sites is 1. The number of rotatable bonds is 4. The molecular weight excluding hydrogens is 308 g/mol. The number of fused-ring (bicyclic) bond motifs is 1. The minimum atomic E-state index is -0.374. The highest BCUT2D eigenvalue weighted by Gasteiger charge is 2.13. The zero-order chi connectivity index (χ0) is 16.1. The molecule has 1 aromatic heterocycles. The van der Waals surface area contributed by atoms with Gasteiger partial charge < -0.3 is 10.1 Å². The Balaban J connectivity index is 1.73. The Morgan fingerprint density at radius 2 is 2.22 bits per heavy atom. The number of amides is 1. The number of ether oxygens (including phenoxy) is 1. The van der Waals surface area contributed by atoms with Gasteiger partial charge in [0, 0.05) is 10.4 Å². The minimum Gasteiger partial charge on any atom is -0.488 e. The van der Waals surface area contributed by atoms with Gasteiger partial charge in [-0.15, -0.1) is 11.3 Å². The lowest BCUT2D eigenvalue weighted by Crippen LogP contribution is -2.24. The van der Waals surface area contributed by atoms with Crippen LogP contribution in [0, 0.1) is 11.3 Å². The molecule has 0 bridgehead atoms. The first-order valence-corrected chi connectivity index (χ1v) is 7.99. The Morgan fingerprint density at radius 1 is 1.35 bits per heavy atom. The van der Waals surface area contributed by atoms with Gasteiger partial charge in [-0.3, -0.25) is 4.79 Å². The van der Waals surface area contributed by atoms with Crippen molar-refractivity contribution in [3.05, 3.63) is 69.4 Å². The summed E-state index contributed by atoms with van der Waals surface area (Å²) in [6.45, 7) is 0.772. The molecule has 0 spiro atoms. The molecular formula is C18H14N2O2S. The maximum absolute atomic E-state index is 12.1. The molecule has 0 saturated carbocycles. The topological polar surface area (TPSA) is 62.1 Å². The second kappa shape index (κ2) is 6.95. The molecule has 0 unspecified atom stereocenters. The van der Waals surface area contributed by atoms with Crippen molar-refractivity contribution >= 4 is 23.3 Å². The third kappa shape index (κ3) is 3.68. The Kier molecular flexibility index (Phi) is 4.55. The molecule has 3 rings (SSSR count). The fourth-order valence-corrected chi connectivity index (χ4v) is 2.87. The fraction of sp³-hybridized carbons (Fsp3) is 0.111. The molecule has 2 heterocycles. The highest BCUT2D eigenvalue weighted by molar-refractivity contribution is 7.09. The van der Waals surface area contributed by atoms with Crippen molar-refractivity contribution in [1.29, 1.82) is 5.26 Å². The number of benzene rings is 1. The number of hydrogen-bond acceptors (Lipinski definition) is 4. The summed E-state index contributed by atoms with van der Waals surface area (Å²) in [6.07, 6.45) is 3.52. The summed E-state index contributed by atoms with van der Waals surface area (Å²) >= 11 is 1.56. The van der Waals surface area contributed by atoms with Crippen molar-refractivity contribution in [2.75, 3.05) is 6.61 Å². The summed E-state index contributed by atoms with van der Waals surface area (Å²) in [5.41, 5.74) is 1.82. The molecule has 1 amide bonds. The van der Waals surface area contributed by atoms with Crippen LogP contribution < -0.4 is 10.1 Å². The van der Waals surface area contributed by atoms with Gasteiger partial charge in [0.1, 0.15) is 24.0 Å². The van der Waals surface area contributed by atoms with Crippen LogP contribution in [0.25, 0.3) is 6.08 Å². The van der Waals surface area contributed by atoms with E-state index >= 15 is 0 Å². The lowest BCUT2D eigenvalue weighted by atomic mass is 10.1. The summed E-state index contributed by atoms with van der Waals surface area (Å²) in [6, 6.07) is 13.5. The van der Waals surface area contributed by atoms with Gasteiger partial charge in [0.05, 0.1) is 6.54 Å². The first kappa shape index (κ1) is 15.1. The van der Waals surface area contributed by atoms with E-state index in [0.717, 1.165) is 21.8 Å². The molecule has 0 radical (unpaired) electrons. The first-order valence-electron chi connectivity index (χ1n) is 7.11. The van der Waals surface area contributed by atoms with Crippen LogP contribution in [0.3, 0.4) is 0 Å². The Bertz CT molecular complexity index is 814. The quantitative estimate of drug-likeness (QED) is 0.694. The van der Waals surface area contributed by atoms with Crippen LogP contribution in [0.15, 0.2) is 59.0 Å². The number of carbonyl (C=O) groups excluding carboxylic acids is 1. The van der Waals surface area contributed by atoms with Crippen molar-refractivity contribution in [2.24, 2.45) is 0 Å². The third-order valence-electron chi connectivity index (χ3n) is 3.35. The van der Waals surface area contributed by atoms with Crippen molar-refractivity contribution < 1.29 is 9.53 Å². The molecule has 23 heavy (non-hydrogen) atoms. The second-order valence-corrected chi connectivity index (χ2v) is 6.01. The van der Waals surface area contributed by atoms with Crippen molar-refractivity contribution in [3.63, 3.8) is 0 Å². The van der Waals surface area contributed by atoms with Crippen molar-refractivity contribution in [2.45, 2.75) is 6.54 Å². The van der Waals surface area contributed by atoms with Crippen LogP contribution >= 0.6 is 11.3 Å². The zero-order valence-corrected chi connectivity index (χ0v) is 13.1. The second-order valence-electron chi connectivity index (χ2n) is 4.98. The van der Waals surface area contributed by atoms with Gasteiger partial charge in [0.25, 0.3) is 5.91 Å². The molecule has 4 nitrogen and oxygen atoms in total. The molecule has 1 aliphatic rings. The summed E-state index contributed by atoms with van der Waals surface area (Å²) in [4.78, 5) is 13.2. The highest BCUT2D eigenvalue weighted by Crippen LogP contribution is 2.26. The smallest absolute Gasteiger partial charge is 0.262 e. The predicted octanol–water partition coefficient (Wildman–Crippen LogP) is 3.29. The number of nitrogens with one attached hydrogen (secondary N) is 1. The fourth-order valence-electron chi connectivity index (χ4n) is 2.23. The molecule has 114 valence electrons. The van der Waals surface area contributed by atoms with Crippen molar-refractivity contribution in [1.82, 2.24) is 5.32 Å². The Hall–Kier alpha value is -2.84. The van der Waals surface area contributed by atoms with Crippen LogP contribution in [-0.2, 0) is 11.3 Å². The van der Waals surface area contributed by atoms with Gasteiger partial charge in [0.2, 0.25) is 0 Å². The van der Waals surface area contributed by atoms with E-state index in [1.165, 1.54) is 0 Å². The SMILES string of the molecule is N#C/C(=C\C1=Cc2ccccc2OC1)C(=O)NCc1cccs1. The van der Waals surface area contributed by atoms with Crippen LogP contribution in [-0.4, -0.2) is 12.5 Å². The first-order chi connectivity index (χ1) is 11.3. The van der Waals surface area contributed by atoms with Gasteiger partial charge >= 0.3 is 0 Å². The Labute approximate surface area is 138 Å². The van der Waals surface area contributed by atoms with E-state index in [2.05, 4.69) is 5.32 Å². The molecule has 0 atom stereocenters. The average molecular weight is 322 g/mol. The summed E-state index contributed by atoms with van der Waals surface area (Å²) < 4.78 is 5.63. The normalized spacial score (nSPS) is 13.3. The lowest BCUT2D eigenvalue weighted by molar-refractivity contribution is -0.117. The van der Waals surface area contributed by atoms with Crippen LogP contribution in [0.1, 0.15) is 10.4 Å². The molecule has 0 saturated heterocycles. The van der Waals surface area contributed by atoms with E-state index in [1.54, 1.807) is 17.4 Å².